The van der Waals surface area contributed by atoms with Crippen LogP contribution in [0.3, 0.4) is 0 Å². The number of rotatable bonds is 6. The Balaban J connectivity index is 1.67. The lowest BCUT2D eigenvalue weighted by Gasteiger charge is -2.12. The van der Waals surface area contributed by atoms with Gasteiger partial charge >= 0.3 is 0 Å². The van der Waals surface area contributed by atoms with Gasteiger partial charge in [-0.05, 0) is 53.6 Å². The van der Waals surface area contributed by atoms with Gasteiger partial charge in [-0.2, -0.15) is 4.68 Å². The van der Waals surface area contributed by atoms with Gasteiger partial charge in [-0.3, -0.25) is 4.79 Å². The molecule has 0 bridgehead atoms. The summed E-state index contributed by atoms with van der Waals surface area (Å²) in [5.74, 6) is -0.0862. The Hall–Kier alpha value is -2.67. The van der Waals surface area contributed by atoms with E-state index in [-0.39, 0.29) is 11.2 Å². The van der Waals surface area contributed by atoms with Crippen molar-refractivity contribution in [1.82, 2.24) is 20.2 Å². The molecule has 0 aliphatic heterocycles. The summed E-state index contributed by atoms with van der Waals surface area (Å²) in [6.45, 7) is 3.94. The summed E-state index contributed by atoms with van der Waals surface area (Å²) in [5, 5.41) is 14.9. The van der Waals surface area contributed by atoms with Crippen LogP contribution in [0.5, 0.6) is 0 Å². The molecule has 1 atom stereocenters. The fourth-order valence-corrected chi connectivity index (χ4v) is 3.07. The fraction of sp³-hybridized carbons (Fsp3) is 0.222. The van der Waals surface area contributed by atoms with Crippen molar-refractivity contribution in [1.29, 1.82) is 0 Å². The maximum absolute atomic E-state index is 12.4. The van der Waals surface area contributed by atoms with Crippen LogP contribution in [0.15, 0.2) is 59.8 Å². The summed E-state index contributed by atoms with van der Waals surface area (Å²) in [4.78, 5) is 12.4. The zero-order valence-electron chi connectivity index (χ0n) is 14.1. The van der Waals surface area contributed by atoms with Gasteiger partial charge in [0.05, 0.1) is 10.9 Å². The number of hydrogen-bond donors (Lipinski definition) is 1. The average molecular weight is 353 g/mol. The van der Waals surface area contributed by atoms with E-state index in [2.05, 4.69) is 27.8 Å². The van der Waals surface area contributed by atoms with Crippen LogP contribution in [0.4, 0.5) is 5.69 Å². The highest BCUT2D eigenvalue weighted by molar-refractivity contribution is 8.00. The Morgan fingerprint density at radius 2 is 1.88 bits per heavy atom. The first-order valence-electron chi connectivity index (χ1n) is 8.07. The molecule has 1 amide bonds. The lowest BCUT2D eigenvalue weighted by atomic mass is 10.1. The van der Waals surface area contributed by atoms with E-state index in [4.69, 9.17) is 0 Å². The first-order valence-corrected chi connectivity index (χ1v) is 8.95. The van der Waals surface area contributed by atoms with Gasteiger partial charge < -0.3 is 5.32 Å². The van der Waals surface area contributed by atoms with Crippen LogP contribution in [0.25, 0.3) is 5.69 Å². The van der Waals surface area contributed by atoms with E-state index in [1.165, 1.54) is 17.3 Å². The van der Waals surface area contributed by atoms with E-state index in [1.807, 2.05) is 61.5 Å². The van der Waals surface area contributed by atoms with Gasteiger partial charge in [0, 0.05) is 5.69 Å². The Morgan fingerprint density at radius 3 is 2.56 bits per heavy atom. The second-order valence-corrected chi connectivity index (χ2v) is 6.82. The maximum Gasteiger partial charge on any atom is 0.237 e. The Morgan fingerprint density at radius 1 is 1.16 bits per heavy atom. The lowest BCUT2D eigenvalue weighted by molar-refractivity contribution is -0.115. The van der Waals surface area contributed by atoms with Crippen LogP contribution in [0.2, 0.25) is 0 Å². The van der Waals surface area contributed by atoms with Crippen molar-refractivity contribution < 1.29 is 4.79 Å². The number of carbonyl (C=O) groups excluding carboxylic acids is 1. The van der Waals surface area contributed by atoms with Crippen LogP contribution in [0.1, 0.15) is 19.4 Å². The first-order chi connectivity index (χ1) is 12.2. The second-order valence-electron chi connectivity index (χ2n) is 5.51. The number of aryl methyl sites for hydroxylation is 1. The number of anilines is 1. The normalized spacial score (nSPS) is 11.9. The summed E-state index contributed by atoms with van der Waals surface area (Å²) in [7, 11) is 0. The average Bonchev–Trinajstić information content (AvgIpc) is 3.11. The molecule has 2 aromatic carbocycles. The molecule has 3 aromatic rings. The summed E-state index contributed by atoms with van der Waals surface area (Å²) in [6, 6.07) is 17.5. The molecule has 1 N–H and O–H groups in total. The Kier molecular flexibility index (Phi) is 5.45. The third-order valence-electron chi connectivity index (χ3n) is 3.72. The standard InChI is InChI=1S/C18H19N5OS/c1-3-14-9-11-15(12-10-14)19-17(24)13(2)25-18-20-21-22-23(18)16-7-5-4-6-8-16/h4-13H,3H2,1-2H3,(H,19,24). The van der Waals surface area contributed by atoms with Crippen molar-refractivity contribution in [2.24, 2.45) is 0 Å². The zero-order chi connectivity index (χ0) is 17.6. The number of nitrogens with one attached hydrogen (secondary N) is 1. The molecule has 0 aliphatic rings. The third kappa shape index (κ3) is 4.24. The number of nitrogens with zero attached hydrogens (tertiary/aromatic N) is 4. The molecule has 7 heteroatoms. The third-order valence-corrected chi connectivity index (χ3v) is 4.76. The number of aromatic nitrogens is 4. The number of para-hydroxylation sites is 1. The number of hydrogen-bond acceptors (Lipinski definition) is 5. The van der Waals surface area contributed by atoms with Crippen molar-refractivity contribution in [2.75, 3.05) is 5.32 Å². The Bertz CT molecular complexity index is 832. The lowest BCUT2D eigenvalue weighted by Crippen LogP contribution is -2.22. The molecule has 0 aliphatic carbocycles. The fourth-order valence-electron chi connectivity index (χ4n) is 2.26. The van der Waals surface area contributed by atoms with Crippen molar-refractivity contribution in [3.63, 3.8) is 0 Å². The predicted molar refractivity (Wildman–Crippen MR) is 98.9 cm³/mol. The highest BCUT2D eigenvalue weighted by Gasteiger charge is 2.19. The van der Waals surface area contributed by atoms with Gasteiger partial charge in [-0.15, -0.1) is 5.10 Å². The van der Waals surface area contributed by atoms with E-state index in [0.29, 0.717) is 5.16 Å². The van der Waals surface area contributed by atoms with Gasteiger partial charge in [-0.1, -0.05) is 49.0 Å². The smallest absolute Gasteiger partial charge is 0.237 e. The molecule has 0 spiro atoms. The molecule has 1 unspecified atom stereocenters. The van der Waals surface area contributed by atoms with Crippen LogP contribution in [0, 0.1) is 0 Å². The van der Waals surface area contributed by atoms with E-state index >= 15 is 0 Å². The number of amides is 1. The number of tetrazole rings is 1. The summed E-state index contributed by atoms with van der Waals surface area (Å²) in [5.41, 5.74) is 2.89. The molecular weight excluding hydrogens is 334 g/mol. The van der Waals surface area contributed by atoms with E-state index in [9.17, 15) is 4.79 Å². The number of benzene rings is 2. The number of thioether (sulfide) groups is 1. The number of carbonyl (C=O) groups is 1. The van der Waals surface area contributed by atoms with Gasteiger partial charge in [0.2, 0.25) is 11.1 Å². The van der Waals surface area contributed by atoms with Crippen molar-refractivity contribution in [2.45, 2.75) is 30.7 Å². The van der Waals surface area contributed by atoms with E-state index in [1.54, 1.807) is 4.68 Å². The maximum atomic E-state index is 12.4. The summed E-state index contributed by atoms with van der Waals surface area (Å²) >= 11 is 1.32. The Labute approximate surface area is 150 Å². The predicted octanol–water partition coefficient (Wildman–Crippen LogP) is 3.34. The van der Waals surface area contributed by atoms with Crippen molar-refractivity contribution >= 4 is 23.4 Å². The molecule has 3 rings (SSSR count). The molecule has 0 fully saturated rings. The molecule has 0 saturated carbocycles. The first kappa shape index (κ1) is 17.2. The molecule has 0 radical (unpaired) electrons. The quantitative estimate of drug-likeness (QED) is 0.688. The van der Waals surface area contributed by atoms with Crippen molar-refractivity contribution in [3.05, 3.63) is 60.2 Å². The molecule has 1 heterocycles. The van der Waals surface area contributed by atoms with E-state index < -0.39 is 0 Å². The van der Waals surface area contributed by atoms with Gasteiger partial charge in [0.1, 0.15) is 0 Å². The van der Waals surface area contributed by atoms with Crippen LogP contribution >= 0.6 is 11.8 Å². The second kappa shape index (κ2) is 7.94. The molecule has 128 valence electrons. The van der Waals surface area contributed by atoms with E-state index in [0.717, 1.165) is 17.8 Å². The molecule has 6 nitrogen and oxygen atoms in total. The summed E-state index contributed by atoms with van der Waals surface area (Å²) in [6.07, 6.45) is 0.975. The minimum Gasteiger partial charge on any atom is -0.325 e. The van der Waals surface area contributed by atoms with Crippen molar-refractivity contribution in [3.8, 4) is 5.69 Å². The van der Waals surface area contributed by atoms with Gasteiger partial charge in [0.25, 0.3) is 0 Å². The molecule has 25 heavy (non-hydrogen) atoms. The molecular formula is C18H19N5OS. The highest BCUT2D eigenvalue weighted by atomic mass is 32.2. The van der Waals surface area contributed by atoms with Gasteiger partial charge in [0.15, 0.2) is 0 Å². The summed E-state index contributed by atoms with van der Waals surface area (Å²) < 4.78 is 1.63. The van der Waals surface area contributed by atoms with Crippen LogP contribution < -0.4 is 5.32 Å². The van der Waals surface area contributed by atoms with Crippen LogP contribution in [-0.4, -0.2) is 31.4 Å². The topological polar surface area (TPSA) is 72.7 Å². The zero-order valence-corrected chi connectivity index (χ0v) is 14.9. The SMILES string of the molecule is CCc1ccc(NC(=O)C(C)Sc2nnnn2-c2ccccc2)cc1. The largest absolute Gasteiger partial charge is 0.325 e. The minimum absolute atomic E-state index is 0.0862. The monoisotopic (exact) mass is 353 g/mol. The van der Waals surface area contributed by atoms with Crippen LogP contribution in [-0.2, 0) is 11.2 Å². The molecule has 1 aromatic heterocycles. The highest BCUT2D eigenvalue weighted by Crippen LogP contribution is 2.23. The van der Waals surface area contributed by atoms with Gasteiger partial charge in [-0.25, -0.2) is 0 Å². The molecule has 0 saturated heterocycles. The minimum atomic E-state index is -0.334.